The minimum Gasteiger partial charge on any atom is -0.496 e. The van der Waals surface area contributed by atoms with Gasteiger partial charge < -0.3 is 15.4 Å². The molecular weight excluding hydrogens is 336 g/mol. The summed E-state index contributed by atoms with van der Waals surface area (Å²) >= 11 is 3.35. The number of carbonyl (C=O) groups is 2. The maximum Gasteiger partial charge on any atom is 0.258 e. The monoisotopic (exact) mass is 354 g/mol. The molecule has 5 nitrogen and oxygen atoms in total. The molecule has 0 radical (unpaired) electrons. The average Bonchev–Trinajstić information content (AvgIpc) is 2.97. The Morgan fingerprint density at radius 1 is 1.38 bits per heavy atom. The average molecular weight is 355 g/mol. The van der Waals surface area contributed by atoms with Crippen LogP contribution in [0.25, 0.3) is 0 Å². The number of carbonyl (C=O) groups excluding carboxylic acids is 2. The topological polar surface area (TPSA) is 72.6 Å². The Bertz CT molecular complexity index is 542. The van der Waals surface area contributed by atoms with Crippen molar-refractivity contribution in [1.82, 2.24) is 4.90 Å². The summed E-state index contributed by atoms with van der Waals surface area (Å²) in [6.45, 7) is -0.0529. The van der Waals surface area contributed by atoms with E-state index < -0.39 is 5.91 Å². The van der Waals surface area contributed by atoms with E-state index in [0.29, 0.717) is 11.3 Å². The number of hydrogen-bond donors (Lipinski definition) is 1. The molecule has 1 saturated carbocycles. The van der Waals surface area contributed by atoms with Gasteiger partial charge in [-0.3, -0.25) is 9.59 Å². The van der Waals surface area contributed by atoms with Crippen molar-refractivity contribution in [3.8, 4) is 5.75 Å². The van der Waals surface area contributed by atoms with Crippen LogP contribution in [0.3, 0.4) is 0 Å². The normalized spacial score (nSPS) is 15.0. The number of benzene rings is 1. The molecule has 0 bridgehead atoms. The van der Waals surface area contributed by atoms with Crippen LogP contribution in [0.5, 0.6) is 5.75 Å². The molecule has 0 aromatic heterocycles. The van der Waals surface area contributed by atoms with E-state index in [9.17, 15) is 9.59 Å². The first kappa shape index (κ1) is 15.8. The highest BCUT2D eigenvalue weighted by atomic mass is 79.9. The Hall–Kier alpha value is -1.56. The largest absolute Gasteiger partial charge is 0.496 e. The van der Waals surface area contributed by atoms with Gasteiger partial charge in [0.05, 0.1) is 19.2 Å². The van der Waals surface area contributed by atoms with E-state index in [-0.39, 0.29) is 18.5 Å². The lowest BCUT2D eigenvalue weighted by Crippen LogP contribution is -2.44. The van der Waals surface area contributed by atoms with Crippen LogP contribution in [0.2, 0.25) is 0 Å². The first-order chi connectivity index (χ1) is 10.0. The van der Waals surface area contributed by atoms with Crippen LogP contribution in [0, 0.1) is 0 Å². The molecule has 0 atom stereocenters. The van der Waals surface area contributed by atoms with Gasteiger partial charge in [0.2, 0.25) is 5.91 Å². The van der Waals surface area contributed by atoms with E-state index in [1.807, 2.05) is 0 Å². The number of halogens is 1. The van der Waals surface area contributed by atoms with Gasteiger partial charge in [-0.2, -0.15) is 0 Å². The first-order valence-electron chi connectivity index (χ1n) is 6.95. The molecule has 1 aromatic rings. The van der Waals surface area contributed by atoms with Gasteiger partial charge in [0.1, 0.15) is 5.75 Å². The summed E-state index contributed by atoms with van der Waals surface area (Å²) in [5, 5.41) is 0. The minimum absolute atomic E-state index is 0.0529. The highest BCUT2D eigenvalue weighted by molar-refractivity contribution is 9.10. The van der Waals surface area contributed by atoms with Crippen LogP contribution in [-0.2, 0) is 4.79 Å². The van der Waals surface area contributed by atoms with Gasteiger partial charge in [-0.05, 0) is 31.0 Å². The molecule has 0 aliphatic heterocycles. The van der Waals surface area contributed by atoms with Gasteiger partial charge >= 0.3 is 0 Å². The van der Waals surface area contributed by atoms with Gasteiger partial charge in [-0.15, -0.1) is 0 Å². The van der Waals surface area contributed by atoms with E-state index in [2.05, 4.69) is 15.9 Å². The second kappa shape index (κ2) is 6.93. The third kappa shape index (κ3) is 3.75. The van der Waals surface area contributed by atoms with Crippen molar-refractivity contribution < 1.29 is 14.3 Å². The number of primary amides is 1. The molecule has 0 spiro atoms. The predicted octanol–water partition coefficient (Wildman–Crippen LogP) is 2.33. The number of methoxy groups -OCH3 is 1. The fourth-order valence-electron chi connectivity index (χ4n) is 2.75. The summed E-state index contributed by atoms with van der Waals surface area (Å²) in [5.41, 5.74) is 5.75. The van der Waals surface area contributed by atoms with Gasteiger partial charge in [0.15, 0.2) is 0 Å². The number of nitrogens with zero attached hydrogens (tertiary/aromatic N) is 1. The van der Waals surface area contributed by atoms with Crippen LogP contribution in [0.4, 0.5) is 0 Å². The third-order valence-corrected chi connectivity index (χ3v) is 4.24. The van der Waals surface area contributed by atoms with Crippen LogP contribution < -0.4 is 10.5 Å². The van der Waals surface area contributed by atoms with E-state index in [0.717, 1.165) is 30.2 Å². The second-order valence-corrected chi connectivity index (χ2v) is 6.10. The van der Waals surface area contributed by atoms with Crippen molar-refractivity contribution in [3.05, 3.63) is 28.2 Å². The van der Waals surface area contributed by atoms with Crippen molar-refractivity contribution in [2.45, 2.75) is 31.7 Å². The summed E-state index contributed by atoms with van der Waals surface area (Å²) in [5.74, 6) is -0.210. The second-order valence-electron chi connectivity index (χ2n) is 5.18. The molecule has 0 unspecified atom stereocenters. The lowest BCUT2D eigenvalue weighted by Gasteiger charge is -2.28. The van der Waals surface area contributed by atoms with Gasteiger partial charge in [0, 0.05) is 10.5 Å². The molecule has 2 N–H and O–H groups in total. The molecule has 1 aliphatic rings. The summed E-state index contributed by atoms with van der Waals surface area (Å²) < 4.78 is 6.10. The lowest BCUT2D eigenvalue weighted by atomic mass is 10.1. The van der Waals surface area contributed by atoms with Crippen LogP contribution in [0.15, 0.2) is 22.7 Å². The Kier molecular flexibility index (Phi) is 5.22. The molecule has 1 aliphatic carbocycles. The lowest BCUT2D eigenvalue weighted by molar-refractivity contribution is -0.119. The third-order valence-electron chi connectivity index (χ3n) is 3.75. The fraction of sp³-hybridized carbons (Fsp3) is 0.467. The number of hydrogen-bond acceptors (Lipinski definition) is 3. The van der Waals surface area contributed by atoms with Gasteiger partial charge in [-0.1, -0.05) is 28.8 Å². The Morgan fingerprint density at radius 3 is 2.62 bits per heavy atom. The smallest absolute Gasteiger partial charge is 0.258 e. The standard InChI is InChI=1S/C15H19BrN2O3/c1-21-13-8-10(16)6-7-12(13)15(20)18(9-14(17)19)11-4-2-3-5-11/h6-8,11H,2-5,9H2,1H3,(H2,17,19). The summed E-state index contributed by atoms with van der Waals surface area (Å²) in [7, 11) is 1.52. The van der Waals surface area contributed by atoms with Gasteiger partial charge in [-0.25, -0.2) is 0 Å². The fourth-order valence-corrected chi connectivity index (χ4v) is 3.09. The Balaban J connectivity index is 2.30. The molecule has 114 valence electrons. The van der Waals surface area contributed by atoms with Crippen molar-refractivity contribution in [2.75, 3.05) is 13.7 Å². The quantitative estimate of drug-likeness (QED) is 0.881. The molecule has 0 saturated heterocycles. The number of rotatable bonds is 5. The van der Waals surface area contributed by atoms with E-state index in [4.69, 9.17) is 10.5 Å². The van der Waals surface area contributed by atoms with E-state index in [1.54, 1.807) is 23.1 Å². The summed E-state index contributed by atoms with van der Waals surface area (Å²) in [6.07, 6.45) is 3.98. The summed E-state index contributed by atoms with van der Waals surface area (Å²) in [6, 6.07) is 5.31. The number of nitrogens with two attached hydrogens (primary N) is 1. The van der Waals surface area contributed by atoms with Crippen molar-refractivity contribution >= 4 is 27.7 Å². The van der Waals surface area contributed by atoms with Crippen molar-refractivity contribution in [1.29, 1.82) is 0 Å². The molecule has 0 heterocycles. The zero-order chi connectivity index (χ0) is 15.4. The minimum atomic E-state index is -0.494. The van der Waals surface area contributed by atoms with E-state index in [1.165, 1.54) is 7.11 Å². The molecule has 6 heteroatoms. The molecule has 2 rings (SSSR count). The molecule has 2 amide bonds. The Morgan fingerprint density at radius 2 is 2.05 bits per heavy atom. The molecule has 21 heavy (non-hydrogen) atoms. The van der Waals surface area contributed by atoms with Crippen molar-refractivity contribution in [2.24, 2.45) is 5.73 Å². The number of ether oxygens (including phenoxy) is 1. The first-order valence-corrected chi connectivity index (χ1v) is 7.75. The molecular formula is C15H19BrN2O3. The molecule has 1 aromatic carbocycles. The SMILES string of the molecule is COc1cc(Br)ccc1C(=O)N(CC(N)=O)C1CCCC1. The maximum atomic E-state index is 12.8. The predicted molar refractivity (Wildman–Crippen MR) is 83.2 cm³/mol. The molecule has 1 fully saturated rings. The maximum absolute atomic E-state index is 12.8. The van der Waals surface area contributed by atoms with Crippen LogP contribution in [-0.4, -0.2) is 36.4 Å². The summed E-state index contributed by atoms with van der Waals surface area (Å²) in [4.78, 5) is 25.7. The van der Waals surface area contributed by atoms with Crippen LogP contribution in [0.1, 0.15) is 36.0 Å². The van der Waals surface area contributed by atoms with Crippen molar-refractivity contribution in [3.63, 3.8) is 0 Å². The Labute approximate surface area is 132 Å². The van der Waals surface area contributed by atoms with Gasteiger partial charge in [0.25, 0.3) is 5.91 Å². The zero-order valence-corrected chi connectivity index (χ0v) is 13.6. The van der Waals surface area contributed by atoms with Crippen LogP contribution >= 0.6 is 15.9 Å². The highest BCUT2D eigenvalue weighted by Crippen LogP contribution is 2.29. The van der Waals surface area contributed by atoms with E-state index >= 15 is 0 Å². The highest BCUT2D eigenvalue weighted by Gasteiger charge is 2.30. The number of amides is 2. The zero-order valence-electron chi connectivity index (χ0n) is 12.0.